The van der Waals surface area contributed by atoms with E-state index in [1.165, 1.54) is 4.90 Å². The van der Waals surface area contributed by atoms with E-state index in [4.69, 9.17) is 4.74 Å². The number of amides is 1. The molecule has 0 radical (unpaired) electrons. The Morgan fingerprint density at radius 1 is 1.22 bits per heavy atom. The molecule has 1 unspecified atom stereocenters. The normalized spacial score (nSPS) is 24.3. The van der Waals surface area contributed by atoms with Crippen LogP contribution in [0, 0.1) is 0 Å². The van der Waals surface area contributed by atoms with E-state index < -0.39 is 18.9 Å². The summed E-state index contributed by atoms with van der Waals surface area (Å²) in [6, 6.07) is 0. The number of ether oxygens (including phenoxy) is 1. The predicted octanol–water partition coefficient (Wildman–Crippen LogP) is 0.800. The van der Waals surface area contributed by atoms with E-state index in [-0.39, 0.29) is 31.6 Å². The Morgan fingerprint density at radius 3 is 2.43 bits per heavy atom. The fourth-order valence-corrected chi connectivity index (χ4v) is 2.76. The molecule has 2 fully saturated rings. The Kier molecular flexibility index (Phi) is 6.60. The van der Waals surface area contributed by atoms with Crippen molar-refractivity contribution in [1.29, 1.82) is 0 Å². The van der Waals surface area contributed by atoms with Gasteiger partial charge in [0.15, 0.2) is 0 Å². The first kappa shape index (κ1) is 18.4. The molecule has 5 nitrogen and oxygen atoms in total. The first-order valence-corrected chi connectivity index (χ1v) is 7.86. The van der Waals surface area contributed by atoms with Gasteiger partial charge in [-0.05, 0) is 12.8 Å². The molecule has 0 spiro atoms. The molecule has 1 atom stereocenters. The third-order valence-corrected chi connectivity index (χ3v) is 4.14. The van der Waals surface area contributed by atoms with Crippen molar-refractivity contribution in [2.75, 3.05) is 52.4 Å². The van der Waals surface area contributed by atoms with Crippen LogP contribution in [-0.4, -0.2) is 86.6 Å². The average Bonchev–Trinajstić information content (AvgIpc) is 3.00. The summed E-state index contributed by atoms with van der Waals surface area (Å²) < 4.78 is 55.8. The van der Waals surface area contributed by atoms with Crippen LogP contribution in [-0.2, 0) is 9.53 Å². The molecule has 0 aromatic carbocycles. The molecule has 0 aromatic rings. The smallest absolute Gasteiger partial charge is 0.319 e. The molecule has 2 saturated heterocycles. The summed E-state index contributed by atoms with van der Waals surface area (Å²) in [5, 5.41) is 2.80. The van der Waals surface area contributed by atoms with Crippen molar-refractivity contribution in [3.8, 4) is 0 Å². The first-order chi connectivity index (χ1) is 10.9. The van der Waals surface area contributed by atoms with Gasteiger partial charge in [0.2, 0.25) is 5.91 Å². The molecule has 0 saturated carbocycles. The number of alkyl halides is 4. The van der Waals surface area contributed by atoms with Gasteiger partial charge in [0.25, 0.3) is 0 Å². The van der Waals surface area contributed by atoms with E-state index in [0.717, 1.165) is 19.4 Å². The zero-order valence-corrected chi connectivity index (χ0v) is 12.9. The Bertz CT molecular complexity index is 384. The first-order valence-electron chi connectivity index (χ1n) is 7.86. The number of carbonyl (C=O) groups excluding carboxylic acids is 1. The summed E-state index contributed by atoms with van der Waals surface area (Å²) in [5.41, 5.74) is 0. The summed E-state index contributed by atoms with van der Waals surface area (Å²) in [6.07, 6.45) is -1.63. The van der Waals surface area contributed by atoms with E-state index in [0.29, 0.717) is 19.6 Å². The monoisotopic (exact) mass is 341 g/mol. The van der Waals surface area contributed by atoms with Gasteiger partial charge in [-0.15, -0.1) is 0 Å². The molecule has 9 heteroatoms. The van der Waals surface area contributed by atoms with Gasteiger partial charge in [-0.1, -0.05) is 0 Å². The van der Waals surface area contributed by atoms with Gasteiger partial charge >= 0.3 is 12.3 Å². The van der Waals surface area contributed by atoms with Crippen molar-refractivity contribution in [2.24, 2.45) is 0 Å². The summed E-state index contributed by atoms with van der Waals surface area (Å²) in [5.74, 6) is -4.12. The van der Waals surface area contributed by atoms with Gasteiger partial charge in [-0.2, -0.15) is 8.78 Å². The highest BCUT2D eigenvalue weighted by atomic mass is 19.3. The van der Waals surface area contributed by atoms with Crippen molar-refractivity contribution in [2.45, 2.75) is 31.3 Å². The Balaban J connectivity index is 1.63. The van der Waals surface area contributed by atoms with Crippen molar-refractivity contribution in [3.63, 3.8) is 0 Å². The predicted molar refractivity (Wildman–Crippen MR) is 75.8 cm³/mol. The van der Waals surface area contributed by atoms with Gasteiger partial charge in [0, 0.05) is 39.3 Å². The van der Waals surface area contributed by atoms with Crippen LogP contribution in [0.4, 0.5) is 17.6 Å². The molecule has 1 N–H and O–H groups in total. The van der Waals surface area contributed by atoms with Crippen LogP contribution in [0.15, 0.2) is 0 Å². The number of hydrogen-bond acceptors (Lipinski definition) is 4. The minimum Gasteiger partial charge on any atom is -0.376 e. The summed E-state index contributed by atoms with van der Waals surface area (Å²) in [6.45, 7) is 1.78. The molecule has 0 bridgehead atoms. The summed E-state index contributed by atoms with van der Waals surface area (Å²) >= 11 is 0. The topological polar surface area (TPSA) is 44.8 Å². The number of hydrogen-bond donors (Lipinski definition) is 1. The van der Waals surface area contributed by atoms with Crippen LogP contribution in [0.25, 0.3) is 0 Å². The van der Waals surface area contributed by atoms with Gasteiger partial charge in [-0.25, -0.2) is 8.78 Å². The highest BCUT2D eigenvalue weighted by Gasteiger charge is 2.42. The SMILES string of the molecule is O=C(CN1CCN(CC(F)(F)C(F)F)CC1)NCC1CCCO1. The minimum atomic E-state index is -3.99. The second-order valence-electron chi connectivity index (χ2n) is 6.05. The average molecular weight is 341 g/mol. The third kappa shape index (κ3) is 5.89. The molecule has 0 aliphatic carbocycles. The van der Waals surface area contributed by atoms with E-state index >= 15 is 0 Å². The van der Waals surface area contributed by atoms with Crippen molar-refractivity contribution < 1.29 is 27.1 Å². The van der Waals surface area contributed by atoms with Crippen LogP contribution in [0.2, 0.25) is 0 Å². The number of carbonyl (C=O) groups is 1. The zero-order chi connectivity index (χ0) is 16.9. The molecular formula is C14H23F4N3O2. The van der Waals surface area contributed by atoms with Crippen molar-refractivity contribution in [1.82, 2.24) is 15.1 Å². The standard InChI is InChI=1S/C14H23F4N3O2/c15-13(16)14(17,18)10-21-5-3-20(4-6-21)9-12(22)19-8-11-2-1-7-23-11/h11,13H,1-10H2,(H,19,22). The zero-order valence-electron chi connectivity index (χ0n) is 12.9. The molecular weight excluding hydrogens is 318 g/mol. The molecule has 134 valence electrons. The van der Waals surface area contributed by atoms with Crippen LogP contribution in [0.1, 0.15) is 12.8 Å². The molecule has 2 heterocycles. The number of piperazine rings is 1. The van der Waals surface area contributed by atoms with Gasteiger partial charge in [0.05, 0.1) is 19.2 Å². The van der Waals surface area contributed by atoms with E-state index in [9.17, 15) is 22.4 Å². The largest absolute Gasteiger partial charge is 0.376 e. The maximum atomic E-state index is 13.0. The summed E-state index contributed by atoms with van der Waals surface area (Å²) in [7, 11) is 0. The lowest BCUT2D eigenvalue weighted by atomic mass is 10.2. The Hall–Kier alpha value is -0.930. The van der Waals surface area contributed by atoms with E-state index in [2.05, 4.69) is 5.32 Å². The van der Waals surface area contributed by atoms with Crippen molar-refractivity contribution >= 4 is 5.91 Å². The van der Waals surface area contributed by atoms with E-state index in [1.807, 2.05) is 4.90 Å². The molecule has 2 rings (SSSR count). The lowest BCUT2D eigenvalue weighted by Gasteiger charge is -2.35. The third-order valence-electron chi connectivity index (χ3n) is 4.14. The maximum absolute atomic E-state index is 13.0. The minimum absolute atomic E-state index is 0.0763. The molecule has 23 heavy (non-hydrogen) atoms. The van der Waals surface area contributed by atoms with Crippen molar-refractivity contribution in [3.05, 3.63) is 0 Å². The fraction of sp³-hybridized carbons (Fsp3) is 0.929. The number of nitrogens with zero attached hydrogens (tertiary/aromatic N) is 2. The number of halogens is 4. The molecule has 0 aromatic heterocycles. The quantitative estimate of drug-likeness (QED) is 0.696. The summed E-state index contributed by atoms with van der Waals surface area (Å²) in [4.78, 5) is 15.0. The number of rotatable bonds is 7. The molecule has 2 aliphatic rings. The van der Waals surface area contributed by atoms with Gasteiger partial charge < -0.3 is 10.1 Å². The highest BCUT2D eigenvalue weighted by molar-refractivity contribution is 5.78. The van der Waals surface area contributed by atoms with Crippen LogP contribution < -0.4 is 5.32 Å². The fourth-order valence-electron chi connectivity index (χ4n) is 2.76. The number of nitrogens with one attached hydrogen (secondary N) is 1. The van der Waals surface area contributed by atoms with Gasteiger partial charge in [0.1, 0.15) is 0 Å². The second kappa shape index (κ2) is 8.25. The Labute approximate surface area is 132 Å². The molecule has 1 amide bonds. The lowest BCUT2D eigenvalue weighted by Crippen LogP contribution is -2.53. The van der Waals surface area contributed by atoms with Crippen LogP contribution in [0.3, 0.4) is 0 Å². The lowest BCUT2D eigenvalue weighted by molar-refractivity contribution is -0.145. The maximum Gasteiger partial charge on any atom is 0.319 e. The highest BCUT2D eigenvalue weighted by Crippen LogP contribution is 2.24. The van der Waals surface area contributed by atoms with E-state index in [1.54, 1.807) is 0 Å². The van der Waals surface area contributed by atoms with Crippen LogP contribution >= 0.6 is 0 Å². The molecule has 2 aliphatic heterocycles. The second-order valence-corrected chi connectivity index (χ2v) is 6.05. The Morgan fingerprint density at radius 2 is 1.87 bits per heavy atom. The van der Waals surface area contributed by atoms with Crippen LogP contribution in [0.5, 0.6) is 0 Å². The van der Waals surface area contributed by atoms with Gasteiger partial charge in [-0.3, -0.25) is 14.6 Å².